The predicted molar refractivity (Wildman–Crippen MR) is 63.0 cm³/mol. The third-order valence-corrected chi connectivity index (χ3v) is 3.48. The maximum absolute atomic E-state index is 11.6. The average Bonchev–Trinajstić information content (AvgIpc) is 2.71. The van der Waals surface area contributed by atoms with E-state index in [0.717, 1.165) is 12.8 Å². The number of hydrogen-bond donors (Lipinski definition) is 0. The van der Waals surface area contributed by atoms with Crippen LogP contribution in [-0.2, 0) is 14.3 Å². The molecule has 2 amide bonds. The van der Waals surface area contributed by atoms with E-state index in [-0.39, 0.29) is 24.1 Å². The Morgan fingerprint density at radius 2 is 2.00 bits per heavy atom. The molecule has 1 aliphatic heterocycles. The lowest BCUT2D eigenvalue weighted by Gasteiger charge is -2.29. The molecule has 94 valence electrons. The zero-order valence-electron chi connectivity index (χ0n) is 10.1. The van der Waals surface area contributed by atoms with Gasteiger partial charge in [-0.1, -0.05) is 25.8 Å². The van der Waals surface area contributed by atoms with E-state index in [1.807, 2.05) is 0 Å². The van der Waals surface area contributed by atoms with Crippen molar-refractivity contribution in [1.29, 1.82) is 0 Å². The monoisotopic (exact) mass is 237 g/mol. The normalized spacial score (nSPS) is 26.2. The van der Waals surface area contributed by atoms with Gasteiger partial charge in [0, 0.05) is 12.8 Å². The van der Waals surface area contributed by atoms with E-state index >= 15 is 0 Å². The fourth-order valence-electron chi connectivity index (χ4n) is 2.57. The molecule has 2 aliphatic rings. The van der Waals surface area contributed by atoms with Crippen LogP contribution in [0.25, 0.3) is 0 Å². The molecule has 0 radical (unpaired) electrons. The highest BCUT2D eigenvalue weighted by Gasteiger charge is 2.36. The number of imide groups is 1. The van der Waals surface area contributed by atoms with E-state index in [0.29, 0.717) is 12.8 Å². The van der Waals surface area contributed by atoms with Crippen LogP contribution in [0.15, 0.2) is 12.7 Å². The van der Waals surface area contributed by atoms with E-state index in [9.17, 15) is 9.59 Å². The Morgan fingerprint density at radius 3 is 2.65 bits per heavy atom. The highest BCUT2D eigenvalue weighted by molar-refractivity contribution is 6.01. The van der Waals surface area contributed by atoms with Gasteiger partial charge in [-0.05, 0) is 18.9 Å². The first-order valence-electron chi connectivity index (χ1n) is 6.36. The quantitative estimate of drug-likeness (QED) is 0.705. The van der Waals surface area contributed by atoms with Crippen molar-refractivity contribution in [2.24, 2.45) is 0 Å². The van der Waals surface area contributed by atoms with Gasteiger partial charge in [0.05, 0.1) is 6.10 Å². The van der Waals surface area contributed by atoms with Gasteiger partial charge in [-0.2, -0.15) is 0 Å². The van der Waals surface area contributed by atoms with Crippen molar-refractivity contribution in [2.45, 2.75) is 57.3 Å². The minimum absolute atomic E-state index is 0.143. The maximum atomic E-state index is 11.6. The molecular formula is C13H19NO3. The third kappa shape index (κ3) is 2.75. The van der Waals surface area contributed by atoms with Gasteiger partial charge in [0.25, 0.3) is 5.91 Å². The molecule has 4 heteroatoms. The number of ether oxygens (including phenoxy) is 1. The van der Waals surface area contributed by atoms with Crippen LogP contribution in [0.1, 0.15) is 44.9 Å². The molecule has 4 nitrogen and oxygen atoms in total. The van der Waals surface area contributed by atoms with Crippen molar-refractivity contribution in [3.8, 4) is 0 Å². The predicted octanol–water partition coefficient (Wildman–Crippen LogP) is 2.00. The van der Waals surface area contributed by atoms with E-state index in [1.165, 1.54) is 30.2 Å². The molecule has 1 saturated carbocycles. The Kier molecular flexibility index (Phi) is 3.94. The highest BCUT2D eigenvalue weighted by Crippen LogP contribution is 2.27. The number of rotatable bonds is 3. The first-order chi connectivity index (χ1) is 8.22. The Hall–Kier alpha value is -1.16. The minimum Gasteiger partial charge on any atom is -0.355 e. The summed E-state index contributed by atoms with van der Waals surface area (Å²) in [6.07, 6.45) is 7.75. The van der Waals surface area contributed by atoms with E-state index in [4.69, 9.17) is 4.74 Å². The van der Waals surface area contributed by atoms with Crippen LogP contribution in [0, 0.1) is 0 Å². The summed E-state index contributed by atoms with van der Waals surface area (Å²) in [4.78, 5) is 24.4. The second kappa shape index (κ2) is 5.45. The second-order valence-electron chi connectivity index (χ2n) is 4.70. The van der Waals surface area contributed by atoms with Crippen molar-refractivity contribution < 1.29 is 14.3 Å². The molecule has 1 saturated heterocycles. The van der Waals surface area contributed by atoms with Gasteiger partial charge >= 0.3 is 0 Å². The van der Waals surface area contributed by atoms with Crippen molar-refractivity contribution in [3.05, 3.63) is 12.7 Å². The molecule has 2 fully saturated rings. The third-order valence-electron chi connectivity index (χ3n) is 3.48. The number of amides is 2. The summed E-state index contributed by atoms with van der Waals surface area (Å²) < 4.78 is 5.89. The largest absolute Gasteiger partial charge is 0.355 e. The molecular weight excluding hydrogens is 218 g/mol. The van der Waals surface area contributed by atoms with Crippen LogP contribution in [-0.4, -0.2) is 29.0 Å². The lowest BCUT2D eigenvalue weighted by molar-refractivity contribution is -0.155. The van der Waals surface area contributed by atoms with Gasteiger partial charge in [0.1, 0.15) is 6.23 Å². The fourth-order valence-corrected chi connectivity index (χ4v) is 2.57. The highest BCUT2D eigenvalue weighted by atomic mass is 16.5. The van der Waals surface area contributed by atoms with Gasteiger partial charge < -0.3 is 4.74 Å². The SMILES string of the molecule is C=CC(=O)N1C(=O)CCC1OC1CCCCC1. The Balaban J connectivity index is 1.96. The molecule has 0 N–H and O–H groups in total. The Labute approximate surface area is 102 Å². The Morgan fingerprint density at radius 1 is 1.29 bits per heavy atom. The topological polar surface area (TPSA) is 46.6 Å². The fraction of sp³-hybridized carbons (Fsp3) is 0.692. The number of hydrogen-bond acceptors (Lipinski definition) is 3. The van der Waals surface area contributed by atoms with Crippen molar-refractivity contribution in [2.75, 3.05) is 0 Å². The molecule has 0 aromatic carbocycles. The van der Waals surface area contributed by atoms with Crippen LogP contribution in [0.5, 0.6) is 0 Å². The van der Waals surface area contributed by atoms with Gasteiger partial charge in [-0.3, -0.25) is 14.5 Å². The Bertz CT molecular complexity index is 321. The van der Waals surface area contributed by atoms with E-state index in [2.05, 4.69) is 6.58 Å². The second-order valence-corrected chi connectivity index (χ2v) is 4.70. The van der Waals surface area contributed by atoms with E-state index in [1.54, 1.807) is 0 Å². The summed E-state index contributed by atoms with van der Waals surface area (Å²) in [7, 11) is 0. The molecule has 0 aromatic heterocycles. The lowest BCUT2D eigenvalue weighted by Crippen LogP contribution is -2.41. The van der Waals surface area contributed by atoms with Crippen molar-refractivity contribution >= 4 is 11.8 Å². The summed E-state index contributed by atoms with van der Waals surface area (Å²) in [6.45, 7) is 3.42. The first kappa shape index (κ1) is 12.3. The van der Waals surface area contributed by atoms with Crippen LogP contribution in [0.2, 0.25) is 0 Å². The van der Waals surface area contributed by atoms with Gasteiger partial charge in [-0.15, -0.1) is 0 Å². The summed E-state index contributed by atoms with van der Waals surface area (Å²) in [5, 5.41) is 0. The van der Waals surface area contributed by atoms with Crippen molar-refractivity contribution in [1.82, 2.24) is 4.90 Å². The zero-order valence-corrected chi connectivity index (χ0v) is 10.1. The molecule has 0 bridgehead atoms. The average molecular weight is 237 g/mol. The molecule has 1 atom stereocenters. The standard InChI is InChI=1S/C13H19NO3/c1-2-11(15)14-12(16)8-9-13(14)17-10-6-4-3-5-7-10/h2,10,13H,1,3-9H2. The molecule has 2 rings (SSSR count). The maximum Gasteiger partial charge on any atom is 0.254 e. The van der Waals surface area contributed by atoms with Crippen LogP contribution >= 0.6 is 0 Å². The summed E-state index contributed by atoms with van der Waals surface area (Å²) in [6, 6.07) is 0. The number of carbonyl (C=O) groups is 2. The summed E-state index contributed by atoms with van der Waals surface area (Å²) in [5.41, 5.74) is 0. The van der Waals surface area contributed by atoms with E-state index < -0.39 is 0 Å². The number of nitrogens with zero attached hydrogens (tertiary/aromatic N) is 1. The minimum atomic E-state index is -0.365. The van der Waals surface area contributed by atoms with Crippen LogP contribution < -0.4 is 0 Å². The lowest BCUT2D eigenvalue weighted by atomic mass is 9.98. The molecule has 1 heterocycles. The zero-order chi connectivity index (χ0) is 12.3. The van der Waals surface area contributed by atoms with Gasteiger partial charge in [0.2, 0.25) is 5.91 Å². The summed E-state index contributed by atoms with van der Waals surface area (Å²) in [5.74, 6) is -0.482. The number of carbonyl (C=O) groups excluding carboxylic acids is 2. The molecule has 0 aromatic rings. The molecule has 1 aliphatic carbocycles. The van der Waals surface area contributed by atoms with Gasteiger partial charge in [0.15, 0.2) is 0 Å². The van der Waals surface area contributed by atoms with Crippen molar-refractivity contribution in [3.63, 3.8) is 0 Å². The van der Waals surface area contributed by atoms with Crippen LogP contribution in [0.4, 0.5) is 0 Å². The molecule has 17 heavy (non-hydrogen) atoms. The summed E-state index contributed by atoms with van der Waals surface area (Å²) >= 11 is 0. The van der Waals surface area contributed by atoms with Crippen LogP contribution in [0.3, 0.4) is 0 Å². The first-order valence-corrected chi connectivity index (χ1v) is 6.36. The smallest absolute Gasteiger partial charge is 0.254 e. The number of likely N-dealkylation sites (tertiary alicyclic amines) is 1. The molecule has 1 unspecified atom stereocenters. The van der Waals surface area contributed by atoms with Gasteiger partial charge in [-0.25, -0.2) is 0 Å². The molecule has 0 spiro atoms.